The van der Waals surface area contributed by atoms with Crippen molar-refractivity contribution in [3.8, 4) is 0 Å². The Bertz CT molecular complexity index is 283. The van der Waals surface area contributed by atoms with Gasteiger partial charge in [0.15, 0.2) is 5.69 Å². The van der Waals surface area contributed by atoms with E-state index in [0.717, 1.165) is 12.8 Å². The fourth-order valence-corrected chi connectivity index (χ4v) is 1.67. The van der Waals surface area contributed by atoms with E-state index < -0.39 is 0 Å². The van der Waals surface area contributed by atoms with Crippen LogP contribution in [0.2, 0.25) is 0 Å². The Balaban J connectivity index is 2.28. The van der Waals surface area contributed by atoms with Gasteiger partial charge in [-0.1, -0.05) is 18.0 Å². The second-order valence-electron chi connectivity index (χ2n) is 2.98. The molecule has 2 rings (SSSR count). The highest BCUT2D eigenvalue weighted by molar-refractivity contribution is 5.02. The van der Waals surface area contributed by atoms with Crippen LogP contribution in [0.5, 0.6) is 0 Å². The molecule has 1 aromatic heterocycles. The zero-order valence-corrected chi connectivity index (χ0v) is 6.17. The molecule has 0 bridgehead atoms. The Kier molecular flexibility index (Phi) is 1.52. The van der Waals surface area contributed by atoms with Crippen LogP contribution < -0.4 is 5.56 Å². The van der Waals surface area contributed by atoms with Crippen LogP contribution in [0.4, 0.5) is 0 Å². The molecule has 4 nitrogen and oxygen atoms in total. The molecule has 0 spiro atoms. The summed E-state index contributed by atoms with van der Waals surface area (Å²) in [6.07, 6.45) is 4.57. The summed E-state index contributed by atoms with van der Waals surface area (Å²) >= 11 is 0. The van der Waals surface area contributed by atoms with E-state index >= 15 is 0 Å². The third-order valence-electron chi connectivity index (χ3n) is 2.26. The van der Waals surface area contributed by atoms with Crippen LogP contribution >= 0.6 is 0 Å². The maximum atomic E-state index is 11.0. The van der Waals surface area contributed by atoms with Crippen molar-refractivity contribution in [1.29, 1.82) is 0 Å². The largest absolute Gasteiger partial charge is 0.304 e. The standard InChI is InChI=1S/C7H10N2O2/c10-7-6(8-11-9-7)5-3-1-2-4-5/h5H,1-4H2,(H,9,10). The first-order valence-electron chi connectivity index (χ1n) is 3.92. The zero-order valence-electron chi connectivity index (χ0n) is 6.17. The molecule has 0 saturated heterocycles. The Hall–Kier alpha value is -1.06. The van der Waals surface area contributed by atoms with E-state index in [1.165, 1.54) is 12.8 Å². The number of aromatic amines is 1. The molecule has 1 fully saturated rings. The van der Waals surface area contributed by atoms with Crippen LogP contribution in [0.25, 0.3) is 0 Å². The lowest BCUT2D eigenvalue weighted by atomic mass is 10.1. The fraction of sp³-hybridized carbons (Fsp3) is 0.714. The molecule has 1 saturated carbocycles. The number of rotatable bonds is 1. The Morgan fingerprint density at radius 3 is 2.73 bits per heavy atom. The van der Waals surface area contributed by atoms with Crippen molar-refractivity contribution in [2.45, 2.75) is 31.6 Å². The molecule has 0 aliphatic heterocycles. The minimum atomic E-state index is -0.156. The molecule has 11 heavy (non-hydrogen) atoms. The van der Waals surface area contributed by atoms with E-state index in [1.807, 2.05) is 0 Å². The van der Waals surface area contributed by atoms with Crippen molar-refractivity contribution in [3.05, 3.63) is 16.0 Å². The maximum Gasteiger partial charge on any atom is 0.304 e. The minimum absolute atomic E-state index is 0.156. The molecule has 4 heteroatoms. The summed E-state index contributed by atoms with van der Waals surface area (Å²) < 4.78 is 4.47. The highest BCUT2D eigenvalue weighted by Gasteiger charge is 2.22. The topological polar surface area (TPSA) is 58.9 Å². The summed E-state index contributed by atoms with van der Waals surface area (Å²) in [7, 11) is 0. The third-order valence-corrected chi connectivity index (χ3v) is 2.26. The zero-order chi connectivity index (χ0) is 7.68. The first kappa shape index (κ1) is 6.64. The number of hydrogen-bond acceptors (Lipinski definition) is 3. The summed E-state index contributed by atoms with van der Waals surface area (Å²) in [5.41, 5.74) is 0.430. The van der Waals surface area contributed by atoms with Gasteiger partial charge in [0, 0.05) is 5.92 Å². The first-order valence-corrected chi connectivity index (χ1v) is 3.92. The van der Waals surface area contributed by atoms with Crippen molar-refractivity contribution in [2.24, 2.45) is 0 Å². The van der Waals surface area contributed by atoms with Crippen molar-refractivity contribution in [2.75, 3.05) is 0 Å². The van der Waals surface area contributed by atoms with Crippen LogP contribution in [-0.2, 0) is 0 Å². The van der Waals surface area contributed by atoms with Gasteiger partial charge in [0.25, 0.3) is 0 Å². The summed E-state index contributed by atoms with van der Waals surface area (Å²) in [4.78, 5) is 11.0. The van der Waals surface area contributed by atoms with Crippen molar-refractivity contribution in [1.82, 2.24) is 10.3 Å². The van der Waals surface area contributed by atoms with Gasteiger partial charge in [-0.3, -0.25) is 9.42 Å². The summed E-state index contributed by atoms with van der Waals surface area (Å²) in [6, 6.07) is 0. The number of aromatic nitrogens is 2. The minimum Gasteiger partial charge on any atom is -0.267 e. The maximum absolute atomic E-state index is 11.0. The van der Waals surface area contributed by atoms with Crippen LogP contribution in [-0.4, -0.2) is 10.3 Å². The van der Waals surface area contributed by atoms with Gasteiger partial charge in [-0.05, 0) is 12.8 Å². The lowest BCUT2D eigenvalue weighted by molar-refractivity contribution is 0.298. The van der Waals surface area contributed by atoms with Gasteiger partial charge in [0.2, 0.25) is 0 Å². The fourth-order valence-electron chi connectivity index (χ4n) is 1.67. The van der Waals surface area contributed by atoms with Gasteiger partial charge in [-0.25, -0.2) is 0 Å². The van der Waals surface area contributed by atoms with Crippen molar-refractivity contribution >= 4 is 0 Å². The lowest BCUT2D eigenvalue weighted by Gasteiger charge is -1.98. The third kappa shape index (κ3) is 1.08. The van der Waals surface area contributed by atoms with E-state index in [-0.39, 0.29) is 5.56 Å². The number of nitrogens with zero attached hydrogens (tertiary/aromatic N) is 1. The molecule has 1 heterocycles. The predicted molar refractivity (Wildman–Crippen MR) is 38.3 cm³/mol. The summed E-state index contributed by atoms with van der Waals surface area (Å²) in [5, 5.41) is 5.86. The average Bonchev–Trinajstić information content (AvgIpc) is 2.55. The molecular formula is C7H10N2O2. The number of H-pyrrole nitrogens is 1. The van der Waals surface area contributed by atoms with E-state index in [4.69, 9.17) is 0 Å². The van der Waals surface area contributed by atoms with E-state index in [2.05, 4.69) is 14.9 Å². The molecule has 0 unspecified atom stereocenters. The monoisotopic (exact) mass is 154 g/mol. The molecule has 1 N–H and O–H groups in total. The van der Waals surface area contributed by atoms with Crippen LogP contribution in [0.15, 0.2) is 9.42 Å². The molecule has 0 radical (unpaired) electrons. The van der Waals surface area contributed by atoms with Crippen LogP contribution in [0.1, 0.15) is 37.3 Å². The van der Waals surface area contributed by atoms with E-state index in [0.29, 0.717) is 11.6 Å². The van der Waals surface area contributed by atoms with Crippen molar-refractivity contribution in [3.63, 3.8) is 0 Å². The molecular weight excluding hydrogens is 144 g/mol. The molecule has 0 amide bonds. The molecule has 1 aliphatic rings. The SMILES string of the molecule is O=c1[nH]onc1C1CCCC1. The normalized spacial score (nSPS) is 19.3. The van der Waals surface area contributed by atoms with Gasteiger partial charge in [-0.15, -0.1) is 0 Å². The van der Waals surface area contributed by atoms with Crippen LogP contribution in [0, 0.1) is 0 Å². The highest BCUT2D eigenvalue weighted by Crippen LogP contribution is 2.30. The second kappa shape index (κ2) is 2.53. The van der Waals surface area contributed by atoms with E-state index in [9.17, 15) is 4.79 Å². The Morgan fingerprint density at radius 2 is 2.18 bits per heavy atom. The first-order chi connectivity index (χ1) is 5.38. The number of nitrogens with one attached hydrogen (secondary N) is 1. The van der Waals surface area contributed by atoms with Gasteiger partial charge in [-0.2, -0.15) is 5.16 Å². The van der Waals surface area contributed by atoms with E-state index in [1.54, 1.807) is 0 Å². The quantitative estimate of drug-likeness (QED) is 0.657. The molecule has 60 valence electrons. The lowest BCUT2D eigenvalue weighted by Crippen LogP contribution is -2.09. The average molecular weight is 154 g/mol. The summed E-state index contributed by atoms with van der Waals surface area (Å²) in [5.74, 6) is 0.345. The van der Waals surface area contributed by atoms with Crippen LogP contribution in [0.3, 0.4) is 0 Å². The molecule has 1 aliphatic carbocycles. The van der Waals surface area contributed by atoms with Gasteiger partial charge < -0.3 is 0 Å². The smallest absolute Gasteiger partial charge is 0.267 e. The molecule has 0 atom stereocenters. The summed E-state index contributed by atoms with van der Waals surface area (Å²) in [6.45, 7) is 0. The highest BCUT2D eigenvalue weighted by atomic mass is 16.6. The van der Waals surface area contributed by atoms with Gasteiger partial charge >= 0.3 is 5.56 Å². The second-order valence-corrected chi connectivity index (χ2v) is 2.98. The van der Waals surface area contributed by atoms with Gasteiger partial charge in [0.1, 0.15) is 0 Å². The number of hydrogen-bond donors (Lipinski definition) is 1. The van der Waals surface area contributed by atoms with Gasteiger partial charge in [0.05, 0.1) is 0 Å². The Morgan fingerprint density at radius 1 is 1.45 bits per heavy atom. The Labute approximate surface area is 63.5 Å². The molecule has 1 aromatic rings. The predicted octanol–water partition coefficient (Wildman–Crippen LogP) is 1.02. The van der Waals surface area contributed by atoms with Crippen molar-refractivity contribution < 1.29 is 4.63 Å². The molecule has 0 aromatic carbocycles.